The Hall–Kier alpha value is -2.71. The quantitative estimate of drug-likeness (QED) is 0.612. The first-order chi connectivity index (χ1) is 13.1. The van der Waals surface area contributed by atoms with Crippen LogP contribution in [0.2, 0.25) is 0 Å². The Bertz CT molecular complexity index is 1060. The lowest BCUT2D eigenvalue weighted by atomic mass is 9.87. The summed E-state index contributed by atoms with van der Waals surface area (Å²) in [5, 5.41) is 2.60. The van der Waals surface area contributed by atoms with Crippen LogP contribution in [0.4, 0.5) is 5.95 Å². The number of H-pyrrole nitrogens is 1. The molecule has 0 aliphatic carbocycles. The van der Waals surface area contributed by atoms with Crippen LogP contribution < -0.4 is 10.0 Å². The van der Waals surface area contributed by atoms with Crippen LogP contribution in [0, 0.1) is 0 Å². The maximum absolute atomic E-state index is 12.6. The van der Waals surface area contributed by atoms with Gasteiger partial charge in [-0.1, -0.05) is 45.0 Å². The van der Waals surface area contributed by atoms with Gasteiger partial charge in [0, 0.05) is 0 Å². The number of anilines is 1. The van der Waals surface area contributed by atoms with Gasteiger partial charge in [0.15, 0.2) is 0 Å². The van der Waals surface area contributed by atoms with Gasteiger partial charge in [-0.2, -0.15) is 4.72 Å². The normalized spacial score (nSPS) is 13.4. The number of hydrogen-bond donors (Lipinski definition) is 3. The van der Waals surface area contributed by atoms with Crippen molar-refractivity contribution in [2.24, 2.45) is 0 Å². The third-order valence-electron chi connectivity index (χ3n) is 4.39. The minimum absolute atomic E-state index is 0.0739. The number of aromatic nitrogens is 2. The van der Waals surface area contributed by atoms with Crippen LogP contribution in [0.25, 0.3) is 11.0 Å². The fourth-order valence-corrected chi connectivity index (χ4v) is 3.93. The molecule has 0 aliphatic rings. The van der Waals surface area contributed by atoms with E-state index in [0.29, 0.717) is 5.52 Å². The molecule has 1 amide bonds. The molecule has 1 heterocycles. The van der Waals surface area contributed by atoms with Crippen molar-refractivity contribution in [1.29, 1.82) is 0 Å². The number of carbonyl (C=O) groups is 1. The molecule has 3 N–H and O–H groups in total. The zero-order valence-corrected chi connectivity index (χ0v) is 17.1. The van der Waals surface area contributed by atoms with Gasteiger partial charge in [-0.15, -0.1) is 0 Å². The average molecular weight is 401 g/mol. The van der Waals surface area contributed by atoms with E-state index in [9.17, 15) is 13.2 Å². The summed E-state index contributed by atoms with van der Waals surface area (Å²) in [6.45, 7) is 7.65. The van der Waals surface area contributed by atoms with Gasteiger partial charge < -0.3 is 4.98 Å². The Labute approximate surface area is 164 Å². The maximum atomic E-state index is 12.6. The second-order valence-corrected chi connectivity index (χ2v) is 9.42. The van der Waals surface area contributed by atoms with Crippen LogP contribution in [0.5, 0.6) is 0 Å². The molecule has 0 saturated heterocycles. The van der Waals surface area contributed by atoms with Crippen molar-refractivity contribution in [1.82, 2.24) is 14.7 Å². The van der Waals surface area contributed by atoms with Crippen molar-refractivity contribution < 1.29 is 13.2 Å². The monoisotopic (exact) mass is 400 g/mol. The number of nitrogens with one attached hydrogen (secondary N) is 3. The topological polar surface area (TPSA) is 104 Å². The van der Waals surface area contributed by atoms with Gasteiger partial charge in [-0.25, -0.2) is 13.4 Å². The lowest BCUT2D eigenvalue weighted by Crippen LogP contribution is -2.41. The van der Waals surface area contributed by atoms with Crippen LogP contribution in [0.15, 0.2) is 53.4 Å². The molecular formula is C20H24N4O3S. The summed E-state index contributed by atoms with van der Waals surface area (Å²) >= 11 is 0. The minimum atomic E-state index is -3.83. The van der Waals surface area contributed by atoms with Crippen molar-refractivity contribution >= 4 is 32.9 Å². The van der Waals surface area contributed by atoms with Crippen LogP contribution in [0.3, 0.4) is 0 Å². The Morgan fingerprint density at radius 1 is 1.07 bits per heavy atom. The smallest absolute Gasteiger partial charge is 0.244 e. The first-order valence-corrected chi connectivity index (χ1v) is 10.4. The first-order valence-electron chi connectivity index (χ1n) is 8.95. The summed E-state index contributed by atoms with van der Waals surface area (Å²) in [6, 6.07) is 13.0. The van der Waals surface area contributed by atoms with E-state index in [1.54, 1.807) is 24.3 Å². The molecule has 2 aromatic carbocycles. The number of carbonyl (C=O) groups excluding carboxylic acids is 1. The van der Waals surface area contributed by atoms with Gasteiger partial charge >= 0.3 is 0 Å². The highest BCUT2D eigenvalue weighted by molar-refractivity contribution is 7.89. The van der Waals surface area contributed by atoms with Gasteiger partial charge in [-0.3, -0.25) is 10.1 Å². The van der Waals surface area contributed by atoms with Gasteiger partial charge in [0.2, 0.25) is 21.9 Å². The summed E-state index contributed by atoms with van der Waals surface area (Å²) < 4.78 is 27.6. The van der Waals surface area contributed by atoms with Crippen molar-refractivity contribution in [2.75, 3.05) is 5.32 Å². The van der Waals surface area contributed by atoms with Gasteiger partial charge in [0.1, 0.15) is 0 Å². The van der Waals surface area contributed by atoms with E-state index in [1.165, 1.54) is 6.92 Å². The van der Waals surface area contributed by atoms with E-state index in [4.69, 9.17) is 0 Å². The molecule has 1 aromatic heterocycles. The van der Waals surface area contributed by atoms with Crippen molar-refractivity contribution in [2.45, 2.75) is 44.0 Å². The summed E-state index contributed by atoms with van der Waals surface area (Å²) in [5.74, 6) is -0.235. The molecule has 3 aromatic rings. The minimum Gasteiger partial charge on any atom is -0.324 e. The Balaban J connectivity index is 1.69. The SMILES string of the molecule is CC(NS(=O)(=O)c1ccc(C(C)(C)C)cc1)C(=O)Nc1nc2ccccc2[nH]1. The van der Waals surface area contributed by atoms with Crippen LogP contribution in [0.1, 0.15) is 33.3 Å². The van der Waals surface area contributed by atoms with E-state index in [2.05, 4.69) is 40.8 Å². The molecule has 0 spiro atoms. The first kappa shape index (κ1) is 20.0. The molecule has 0 bridgehead atoms. The molecule has 3 rings (SSSR count). The van der Waals surface area contributed by atoms with Crippen LogP contribution in [-0.4, -0.2) is 30.3 Å². The number of fused-ring (bicyclic) bond motifs is 1. The number of sulfonamides is 1. The molecular weight excluding hydrogens is 376 g/mol. The molecule has 148 valence electrons. The molecule has 8 heteroatoms. The molecule has 0 aliphatic heterocycles. The second kappa shape index (κ2) is 7.37. The van der Waals surface area contributed by atoms with Crippen molar-refractivity contribution in [3.8, 4) is 0 Å². The number of para-hydroxylation sites is 2. The third-order valence-corrected chi connectivity index (χ3v) is 5.94. The summed E-state index contributed by atoms with van der Waals surface area (Å²) in [6.07, 6.45) is 0. The highest BCUT2D eigenvalue weighted by Crippen LogP contribution is 2.23. The number of hydrogen-bond acceptors (Lipinski definition) is 4. The third kappa shape index (κ3) is 4.40. The molecule has 0 radical (unpaired) electrons. The molecule has 1 unspecified atom stereocenters. The van der Waals surface area contributed by atoms with Crippen LogP contribution >= 0.6 is 0 Å². The predicted octanol–water partition coefficient (Wildman–Crippen LogP) is 3.17. The van der Waals surface area contributed by atoms with E-state index < -0.39 is 22.0 Å². The fourth-order valence-electron chi connectivity index (χ4n) is 2.73. The van der Waals surface area contributed by atoms with E-state index in [-0.39, 0.29) is 16.3 Å². The van der Waals surface area contributed by atoms with Crippen molar-refractivity contribution in [3.63, 3.8) is 0 Å². The van der Waals surface area contributed by atoms with Crippen molar-refractivity contribution in [3.05, 3.63) is 54.1 Å². The number of amides is 1. The number of nitrogens with zero attached hydrogens (tertiary/aromatic N) is 1. The largest absolute Gasteiger partial charge is 0.324 e. The Morgan fingerprint density at radius 2 is 1.71 bits per heavy atom. The van der Waals surface area contributed by atoms with Gasteiger partial charge in [0.25, 0.3) is 0 Å². The summed E-state index contributed by atoms with van der Waals surface area (Å²) in [5.41, 5.74) is 2.45. The molecule has 28 heavy (non-hydrogen) atoms. The predicted molar refractivity (Wildman–Crippen MR) is 110 cm³/mol. The van der Waals surface area contributed by atoms with Gasteiger partial charge in [0.05, 0.1) is 22.0 Å². The fraction of sp³-hybridized carbons (Fsp3) is 0.300. The molecule has 7 nitrogen and oxygen atoms in total. The average Bonchev–Trinajstić information content (AvgIpc) is 3.03. The highest BCUT2D eigenvalue weighted by Gasteiger charge is 2.23. The second-order valence-electron chi connectivity index (χ2n) is 7.71. The molecule has 1 atom stereocenters. The van der Waals surface area contributed by atoms with Crippen LogP contribution in [-0.2, 0) is 20.2 Å². The maximum Gasteiger partial charge on any atom is 0.244 e. The lowest BCUT2D eigenvalue weighted by molar-refractivity contribution is -0.117. The van der Waals surface area contributed by atoms with Gasteiger partial charge in [-0.05, 0) is 42.2 Å². The lowest BCUT2D eigenvalue weighted by Gasteiger charge is -2.19. The zero-order chi connectivity index (χ0) is 20.5. The number of aromatic amines is 1. The zero-order valence-electron chi connectivity index (χ0n) is 16.3. The Kier molecular flexibility index (Phi) is 5.27. The van der Waals surface area contributed by atoms with E-state index in [0.717, 1.165) is 11.1 Å². The summed E-state index contributed by atoms with van der Waals surface area (Å²) in [7, 11) is -3.83. The standard InChI is InChI=1S/C20H24N4O3S/c1-13(18(25)23-19-21-16-7-5-6-8-17(16)22-19)24-28(26,27)15-11-9-14(10-12-15)20(2,3)4/h5-13,24H,1-4H3,(H2,21,22,23,25). The summed E-state index contributed by atoms with van der Waals surface area (Å²) in [4.78, 5) is 19.7. The molecule has 0 fully saturated rings. The Morgan fingerprint density at radius 3 is 2.32 bits per heavy atom. The number of benzene rings is 2. The van der Waals surface area contributed by atoms with E-state index in [1.807, 2.05) is 24.3 Å². The highest BCUT2D eigenvalue weighted by atomic mass is 32.2. The molecule has 0 saturated carbocycles. The number of imidazole rings is 1. The van der Waals surface area contributed by atoms with E-state index >= 15 is 0 Å². The number of rotatable bonds is 5.